The Morgan fingerprint density at radius 2 is 1.32 bits per heavy atom. The van der Waals surface area contributed by atoms with Crippen LogP contribution in [-0.4, -0.2) is 86.0 Å². The van der Waals surface area contributed by atoms with Gasteiger partial charge in [0.2, 0.25) is 17.7 Å². The van der Waals surface area contributed by atoms with Crippen molar-refractivity contribution in [2.45, 2.75) is 150 Å². The predicted octanol–water partition coefficient (Wildman–Crippen LogP) is 7.40. The number of nitrogens with zero attached hydrogens (tertiary/aromatic N) is 4. The van der Waals surface area contributed by atoms with E-state index in [0.717, 1.165) is 119 Å². The number of nitrogen functional groups attached to an aromatic ring is 1. The second kappa shape index (κ2) is 25.3. The Balaban J connectivity index is 0.787. The number of urea groups is 1. The van der Waals surface area contributed by atoms with E-state index >= 15 is 0 Å². The van der Waals surface area contributed by atoms with Crippen molar-refractivity contribution in [2.75, 3.05) is 31.1 Å². The van der Waals surface area contributed by atoms with Crippen LogP contribution in [0.2, 0.25) is 10.0 Å². The van der Waals surface area contributed by atoms with Crippen molar-refractivity contribution in [3.05, 3.63) is 34.6 Å². The lowest BCUT2D eigenvalue weighted by molar-refractivity contribution is -0.122. The summed E-state index contributed by atoms with van der Waals surface area (Å²) < 4.78 is 2.08. The van der Waals surface area contributed by atoms with Gasteiger partial charge >= 0.3 is 6.03 Å². The number of imidazole rings is 1. The first kappa shape index (κ1) is 46.6. The maximum atomic E-state index is 12.3. The Kier molecular flexibility index (Phi) is 20.0. The van der Waals surface area contributed by atoms with E-state index in [1.807, 2.05) is 23.9 Å². The third kappa shape index (κ3) is 16.1. The average molecular weight is 892 g/mol. The van der Waals surface area contributed by atoms with E-state index in [4.69, 9.17) is 33.9 Å². The fraction of sp³-hybridized carbons (Fsp3) is 0.634. The van der Waals surface area contributed by atoms with Crippen molar-refractivity contribution in [1.82, 2.24) is 46.1 Å². The zero-order chi connectivity index (χ0) is 41.8. The van der Waals surface area contributed by atoms with Crippen LogP contribution < -0.4 is 32.3 Å². The lowest BCUT2D eigenvalue weighted by Crippen LogP contribution is -2.36. The SMILES string of the molecule is Nc1ncnc2c1nc(Sc1cc(Cl)cc(Cl)c1)n2CCCCCCCCNC(=O)CCCCCNC(=O)CCCCCNC(=O)CCCC[C@H]1SC[C@@H]2NC(=O)N[C@@H]21. The van der Waals surface area contributed by atoms with Crippen LogP contribution in [0, 0.1) is 0 Å². The van der Waals surface area contributed by atoms with Crippen LogP contribution >= 0.6 is 46.7 Å². The molecule has 5 amide bonds. The molecular weight excluding hydrogens is 832 g/mol. The Hall–Kier alpha value is -3.47. The van der Waals surface area contributed by atoms with Crippen LogP contribution in [0.3, 0.4) is 0 Å². The summed E-state index contributed by atoms with van der Waals surface area (Å²) in [6.07, 6.45) is 17.2. The molecule has 2 saturated heterocycles. The first-order valence-corrected chi connectivity index (χ1v) is 23.9. The van der Waals surface area contributed by atoms with E-state index in [1.54, 1.807) is 6.07 Å². The number of nitrogens with one attached hydrogen (secondary N) is 5. The summed E-state index contributed by atoms with van der Waals surface area (Å²) in [6, 6.07) is 5.81. The second-order valence-electron chi connectivity index (χ2n) is 15.3. The highest BCUT2D eigenvalue weighted by Crippen LogP contribution is 2.35. The molecule has 0 aliphatic carbocycles. The summed E-state index contributed by atoms with van der Waals surface area (Å²) in [4.78, 5) is 62.3. The molecule has 0 radical (unpaired) electrons. The molecule has 18 heteroatoms. The molecule has 2 fully saturated rings. The molecule has 3 atom stereocenters. The number of rotatable bonds is 28. The first-order valence-electron chi connectivity index (χ1n) is 21.3. The molecule has 0 unspecified atom stereocenters. The van der Waals surface area contributed by atoms with Crippen molar-refractivity contribution >= 4 is 87.5 Å². The van der Waals surface area contributed by atoms with E-state index in [0.29, 0.717) is 71.2 Å². The monoisotopic (exact) mass is 890 g/mol. The Labute approximate surface area is 366 Å². The Bertz CT molecular complexity index is 1820. The number of nitrogens with two attached hydrogens (primary N) is 1. The largest absolute Gasteiger partial charge is 0.382 e. The number of unbranched alkanes of at least 4 members (excludes halogenated alkanes) is 10. The lowest BCUT2D eigenvalue weighted by atomic mass is 10.0. The van der Waals surface area contributed by atoms with Crippen LogP contribution in [-0.2, 0) is 20.9 Å². The molecule has 7 N–H and O–H groups in total. The summed E-state index contributed by atoms with van der Waals surface area (Å²) >= 11 is 15.8. The summed E-state index contributed by atoms with van der Waals surface area (Å²) in [5, 5.41) is 17.3. The van der Waals surface area contributed by atoms with Gasteiger partial charge in [-0.25, -0.2) is 19.7 Å². The average Bonchev–Trinajstić information content (AvgIpc) is 3.87. The van der Waals surface area contributed by atoms with Crippen LogP contribution in [0.4, 0.5) is 10.6 Å². The Morgan fingerprint density at radius 1 is 0.763 bits per heavy atom. The number of carbonyl (C=O) groups excluding carboxylic acids is 4. The van der Waals surface area contributed by atoms with E-state index in [1.165, 1.54) is 18.1 Å². The maximum absolute atomic E-state index is 12.3. The molecule has 2 aliphatic heterocycles. The summed E-state index contributed by atoms with van der Waals surface area (Å²) in [6.45, 7) is 2.71. The fourth-order valence-electron chi connectivity index (χ4n) is 7.41. The molecule has 5 rings (SSSR count). The van der Waals surface area contributed by atoms with E-state index in [9.17, 15) is 19.2 Å². The molecule has 14 nitrogen and oxygen atoms in total. The number of anilines is 1. The van der Waals surface area contributed by atoms with Crippen molar-refractivity contribution < 1.29 is 19.2 Å². The normalized spacial score (nSPS) is 17.1. The van der Waals surface area contributed by atoms with Gasteiger partial charge in [-0.3, -0.25) is 14.4 Å². The third-order valence-electron chi connectivity index (χ3n) is 10.6. The molecule has 2 aromatic heterocycles. The number of benzene rings is 1. The number of aromatic nitrogens is 4. The number of halogens is 2. The van der Waals surface area contributed by atoms with Gasteiger partial charge in [-0.05, 0) is 69.6 Å². The van der Waals surface area contributed by atoms with Crippen molar-refractivity contribution in [1.29, 1.82) is 0 Å². The zero-order valence-corrected chi connectivity index (χ0v) is 37.0. The minimum Gasteiger partial charge on any atom is -0.382 e. The van der Waals surface area contributed by atoms with Gasteiger partial charge in [0.15, 0.2) is 22.1 Å². The number of thioether (sulfide) groups is 1. The number of hydrogen-bond acceptors (Lipinski definition) is 10. The van der Waals surface area contributed by atoms with Gasteiger partial charge in [-0.15, -0.1) is 0 Å². The quantitative estimate of drug-likeness (QED) is 0.0316. The molecule has 4 heterocycles. The predicted molar refractivity (Wildman–Crippen MR) is 238 cm³/mol. The van der Waals surface area contributed by atoms with Gasteiger partial charge in [-0.2, -0.15) is 11.8 Å². The molecule has 0 saturated carbocycles. The molecule has 0 spiro atoms. The highest BCUT2D eigenvalue weighted by Gasteiger charge is 2.42. The van der Waals surface area contributed by atoms with Gasteiger partial charge in [0, 0.05) is 71.4 Å². The Morgan fingerprint density at radius 3 is 1.95 bits per heavy atom. The maximum Gasteiger partial charge on any atom is 0.315 e. The third-order valence-corrected chi connectivity index (χ3v) is 13.5. The lowest BCUT2D eigenvalue weighted by Gasteiger charge is -2.16. The smallest absolute Gasteiger partial charge is 0.315 e. The molecule has 1 aromatic carbocycles. The molecule has 59 heavy (non-hydrogen) atoms. The number of aryl methyl sites for hydroxylation is 1. The summed E-state index contributed by atoms with van der Waals surface area (Å²) in [5.74, 6) is 1.54. The second-order valence-corrected chi connectivity index (χ2v) is 18.5. The molecule has 2 aliphatic rings. The van der Waals surface area contributed by atoms with E-state index in [-0.39, 0.29) is 35.8 Å². The molecular formula is C41H60Cl2N10O4S2. The minimum absolute atomic E-state index is 0.0586. The van der Waals surface area contributed by atoms with Gasteiger partial charge in [0.1, 0.15) is 6.33 Å². The highest BCUT2D eigenvalue weighted by molar-refractivity contribution is 8.00. The zero-order valence-electron chi connectivity index (χ0n) is 33.9. The topological polar surface area (TPSA) is 198 Å². The fourth-order valence-corrected chi connectivity index (χ4v) is 10.6. The van der Waals surface area contributed by atoms with Gasteiger partial charge in [0.25, 0.3) is 0 Å². The van der Waals surface area contributed by atoms with Gasteiger partial charge in [0.05, 0.1) is 12.1 Å². The van der Waals surface area contributed by atoms with Crippen molar-refractivity contribution in [3.63, 3.8) is 0 Å². The first-order chi connectivity index (χ1) is 28.7. The van der Waals surface area contributed by atoms with E-state index < -0.39 is 0 Å². The van der Waals surface area contributed by atoms with Crippen LogP contribution in [0.25, 0.3) is 11.2 Å². The van der Waals surface area contributed by atoms with Crippen LogP contribution in [0.5, 0.6) is 0 Å². The van der Waals surface area contributed by atoms with Crippen molar-refractivity contribution in [3.8, 4) is 0 Å². The number of hydrogen-bond donors (Lipinski definition) is 6. The number of carbonyl (C=O) groups is 4. The minimum atomic E-state index is -0.0617. The van der Waals surface area contributed by atoms with Gasteiger partial charge in [-0.1, -0.05) is 79.9 Å². The van der Waals surface area contributed by atoms with Crippen molar-refractivity contribution in [2.24, 2.45) is 0 Å². The number of fused-ring (bicyclic) bond motifs is 2. The summed E-state index contributed by atoms with van der Waals surface area (Å²) in [5.41, 5.74) is 7.41. The van der Waals surface area contributed by atoms with Gasteiger partial charge < -0.3 is 36.9 Å². The molecule has 324 valence electrons. The number of amides is 5. The highest BCUT2D eigenvalue weighted by atomic mass is 35.5. The van der Waals surface area contributed by atoms with Crippen LogP contribution in [0.15, 0.2) is 34.6 Å². The van der Waals surface area contributed by atoms with E-state index in [2.05, 4.69) is 41.1 Å². The molecule has 0 bridgehead atoms. The van der Waals surface area contributed by atoms with Crippen LogP contribution in [0.1, 0.15) is 116 Å². The summed E-state index contributed by atoms with van der Waals surface area (Å²) in [7, 11) is 0. The molecule has 3 aromatic rings. The standard InChI is InChI=1S/C41H60Cl2N10O4S2/c42-28-23-29(43)25-30(24-28)59-41-52-37-38(44)48-27-49-39(37)53(41)22-14-4-2-1-3-11-19-45-33(54)16-7-5-12-20-46-34(55)17-8-6-13-21-47-35(56)18-10-9-15-32-36-31(26-58-32)50-40(57)51-36/h23-25,27,31-32,36H,1-22,26H2,(H,45,54)(H,46,55)(H,47,56)(H2,44,48,49)(H2,50,51,57)/t31-,32+,36-/m0/s1.